The fourth-order valence-electron chi connectivity index (χ4n) is 1.95. The predicted molar refractivity (Wildman–Crippen MR) is 62.1 cm³/mol. The summed E-state index contributed by atoms with van der Waals surface area (Å²) in [7, 11) is 0. The van der Waals surface area contributed by atoms with E-state index in [-0.39, 0.29) is 5.91 Å². The number of piperidine rings is 1. The zero-order valence-electron chi connectivity index (χ0n) is 10.1. The molecule has 0 aromatic heterocycles. The van der Waals surface area contributed by atoms with E-state index >= 15 is 0 Å². The van der Waals surface area contributed by atoms with Crippen molar-refractivity contribution < 1.29 is 9.59 Å². The first-order chi connectivity index (χ1) is 7.63. The number of amides is 3. The number of urea groups is 1. The minimum atomic E-state index is -0.405. The van der Waals surface area contributed by atoms with E-state index in [2.05, 4.69) is 22.5 Å². The molecule has 1 heterocycles. The molecule has 0 bridgehead atoms. The van der Waals surface area contributed by atoms with Gasteiger partial charge in [-0.25, -0.2) is 4.79 Å². The van der Waals surface area contributed by atoms with Gasteiger partial charge >= 0.3 is 6.03 Å². The number of nitrogens with zero attached hydrogens (tertiary/aromatic N) is 1. The molecule has 16 heavy (non-hydrogen) atoms. The molecule has 3 amide bonds. The van der Waals surface area contributed by atoms with Crippen molar-refractivity contribution in [1.29, 1.82) is 0 Å². The number of nitrogens with one attached hydrogen (secondary N) is 2. The van der Waals surface area contributed by atoms with Crippen molar-refractivity contribution in [3.8, 4) is 0 Å². The summed E-state index contributed by atoms with van der Waals surface area (Å²) in [6, 6.07) is 0.0332. The van der Waals surface area contributed by atoms with Crippen LogP contribution in [-0.4, -0.2) is 42.5 Å². The number of rotatable bonds is 3. The Morgan fingerprint density at radius 3 is 2.75 bits per heavy atom. The molecule has 1 atom stereocenters. The topological polar surface area (TPSA) is 61.4 Å². The van der Waals surface area contributed by atoms with Crippen molar-refractivity contribution in [2.45, 2.75) is 39.2 Å². The maximum absolute atomic E-state index is 11.5. The van der Waals surface area contributed by atoms with E-state index in [0.29, 0.717) is 19.1 Å². The summed E-state index contributed by atoms with van der Waals surface area (Å²) >= 11 is 0. The van der Waals surface area contributed by atoms with Crippen molar-refractivity contribution in [2.24, 2.45) is 0 Å². The van der Waals surface area contributed by atoms with Gasteiger partial charge in [-0.3, -0.25) is 15.0 Å². The molecule has 1 fully saturated rings. The molecular formula is C11H21N3O2. The molecule has 0 aromatic carbocycles. The van der Waals surface area contributed by atoms with Gasteiger partial charge in [0.2, 0.25) is 5.91 Å². The molecule has 1 aliphatic rings. The molecule has 1 saturated heterocycles. The second kappa shape index (κ2) is 6.48. The Bertz CT molecular complexity index is 256. The molecule has 0 aliphatic carbocycles. The summed E-state index contributed by atoms with van der Waals surface area (Å²) in [6.45, 7) is 5.73. The lowest BCUT2D eigenvalue weighted by Crippen LogP contribution is -2.47. The molecule has 0 aromatic rings. The third-order valence-corrected chi connectivity index (χ3v) is 2.88. The second-order valence-electron chi connectivity index (χ2n) is 4.22. The van der Waals surface area contributed by atoms with E-state index in [0.717, 1.165) is 19.4 Å². The summed E-state index contributed by atoms with van der Waals surface area (Å²) in [5.41, 5.74) is 0. The van der Waals surface area contributed by atoms with Crippen LogP contribution in [0.4, 0.5) is 4.79 Å². The molecule has 92 valence electrons. The molecule has 5 nitrogen and oxygen atoms in total. The average Bonchev–Trinajstić information content (AvgIpc) is 2.21. The first-order valence-electron chi connectivity index (χ1n) is 5.95. The maximum Gasteiger partial charge on any atom is 0.321 e. The smallest absolute Gasteiger partial charge is 0.321 e. The van der Waals surface area contributed by atoms with Crippen LogP contribution in [0.1, 0.15) is 33.1 Å². The largest absolute Gasteiger partial charge is 0.338 e. The number of hydrogen-bond acceptors (Lipinski definition) is 3. The van der Waals surface area contributed by atoms with Crippen molar-refractivity contribution in [2.75, 3.05) is 19.6 Å². The summed E-state index contributed by atoms with van der Waals surface area (Å²) < 4.78 is 0. The van der Waals surface area contributed by atoms with Gasteiger partial charge in [-0.05, 0) is 33.2 Å². The van der Waals surface area contributed by atoms with Crippen LogP contribution in [0, 0.1) is 0 Å². The molecular weight excluding hydrogens is 206 g/mol. The van der Waals surface area contributed by atoms with E-state index in [1.165, 1.54) is 6.42 Å². The lowest BCUT2D eigenvalue weighted by molar-refractivity contribution is -0.122. The van der Waals surface area contributed by atoms with Crippen molar-refractivity contribution >= 4 is 11.9 Å². The van der Waals surface area contributed by atoms with Gasteiger partial charge in [-0.15, -0.1) is 0 Å². The standard InChI is InChI=1S/C11H21N3O2/c1-3-12-11(16)13-10(15)8-14-7-5-4-6-9(14)2/h9H,3-8H2,1-2H3,(H2,12,13,15,16). The van der Waals surface area contributed by atoms with Gasteiger partial charge in [-0.2, -0.15) is 0 Å². The molecule has 1 aliphatic heterocycles. The Hall–Kier alpha value is -1.10. The Morgan fingerprint density at radius 2 is 2.12 bits per heavy atom. The highest BCUT2D eigenvalue weighted by Crippen LogP contribution is 2.15. The number of likely N-dealkylation sites (tertiary alicyclic amines) is 1. The molecule has 2 N–H and O–H groups in total. The van der Waals surface area contributed by atoms with E-state index in [4.69, 9.17) is 0 Å². The van der Waals surface area contributed by atoms with Crippen LogP contribution in [-0.2, 0) is 4.79 Å². The van der Waals surface area contributed by atoms with E-state index in [1.54, 1.807) is 0 Å². The third-order valence-electron chi connectivity index (χ3n) is 2.88. The minimum absolute atomic E-state index is 0.222. The molecule has 5 heteroatoms. The molecule has 1 rings (SSSR count). The maximum atomic E-state index is 11.5. The van der Waals surface area contributed by atoms with Gasteiger partial charge < -0.3 is 5.32 Å². The Labute approximate surface area is 96.6 Å². The molecule has 0 saturated carbocycles. The second-order valence-corrected chi connectivity index (χ2v) is 4.22. The zero-order valence-corrected chi connectivity index (χ0v) is 10.1. The number of carbonyl (C=O) groups is 2. The first kappa shape index (κ1) is 13.0. The lowest BCUT2D eigenvalue weighted by Gasteiger charge is -2.32. The monoisotopic (exact) mass is 227 g/mol. The number of carbonyl (C=O) groups excluding carboxylic acids is 2. The Balaban J connectivity index is 2.30. The molecule has 0 radical (unpaired) electrons. The van der Waals surface area contributed by atoms with Crippen molar-refractivity contribution in [3.63, 3.8) is 0 Å². The highest BCUT2D eigenvalue weighted by Gasteiger charge is 2.20. The van der Waals surface area contributed by atoms with Gasteiger partial charge in [0.15, 0.2) is 0 Å². The van der Waals surface area contributed by atoms with Gasteiger partial charge in [0.1, 0.15) is 0 Å². The van der Waals surface area contributed by atoms with Gasteiger partial charge in [-0.1, -0.05) is 6.42 Å². The van der Waals surface area contributed by atoms with Crippen LogP contribution in [0.25, 0.3) is 0 Å². The number of hydrogen-bond donors (Lipinski definition) is 2. The van der Waals surface area contributed by atoms with Crippen LogP contribution in [0.5, 0.6) is 0 Å². The average molecular weight is 227 g/mol. The highest BCUT2D eigenvalue weighted by atomic mass is 16.2. The van der Waals surface area contributed by atoms with E-state index in [1.807, 2.05) is 6.92 Å². The molecule has 1 unspecified atom stereocenters. The Morgan fingerprint density at radius 1 is 1.38 bits per heavy atom. The van der Waals surface area contributed by atoms with E-state index < -0.39 is 6.03 Å². The fraction of sp³-hybridized carbons (Fsp3) is 0.818. The summed E-state index contributed by atoms with van der Waals surface area (Å²) in [5, 5.41) is 4.85. The highest BCUT2D eigenvalue weighted by molar-refractivity contribution is 5.95. The van der Waals surface area contributed by atoms with Crippen LogP contribution in [0.2, 0.25) is 0 Å². The summed E-state index contributed by atoms with van der Waals surface area (Å²) in [4.78, 5) is 24.8. The molecule has 0 spiro atoms. The minimum Gasteiger partial charge on any atom is -0.338 e. The van der Waals surface area contributed by atoms with Crippen molar-refractivity contribution in [3.05, 3.63) is 0 Å². The van der Waals surface area contributed by atoms with E-state index in [9.17, 15) is 9.59 Å². The Kier molecular flexibility index (Phi) is 5.25. The lowest BCUT2D eigenvalue weighted by atomic mass is 10.0. The normalized spacial score (nSPS) is 21.5. The fourth-order valence-corrected chi connectivity index (χ4v) is 1.95. The third kappa shape index (κ3) is 4.18. The first-order valence-corrected chi connectivity index (χ1v) is 5.95. The summed E-state index contributed by atoms with van der Waals surface area (Å²) in [6.07, 6.45) is 3.50. The van der Waals surface area contributed by atoms with Crippen molar-refractivity contribution in [1.82, 2.24) is 15.5 Å². The van der Waals surface area contributed by atoms with Gasteiger partial charge in [0, 0.05) is 12.6 Å². The van der Waals surface area contributed by atoms with Crippen LogP contribution in [0.3, 0.4) is 0 Å². The summed E-state index contributed by atoms with van der Waals surface area (Å²) in [5.74, 6) is -0.222. The van der Waals surface area contributed by atoms with Gasteiger partial charge in [0.25, 0.3) is 0 Å². The zero-order chi connectivity index (χ0) is 12.0. The van der Waals surface area contributed by atoms with Gasteiger partial charge in [0.05, 0.1) is 6.54 Å². The quantitative estimate of drug-likeness (QED) is 0.746. The van der Waals surface area contributed by atoms with Crippen LogP contribution < -0.4 is 10.6 Å². The number of imide groups is 1. The predicted octanol–water partition coefficient (Wildman–Crippen LogP) is 0.706. The van der Waals surface area contributed by atoms with Crippen LogP contribution in [0.15, 0.2) is 0 Å². The SMILES string of the molecule is CCNC(=O)NC(=O)CN1CCCCC1C. The van der Waals surface area contributed by atoms with Crippen LogP contribution >= 0.6 is 0 Å².